The quantitative estimate of drug-likeness (QED) is 0.834. The van der Waals surface area contributed by atoms with Crippen LogP contribution in [0.1, 0.15) is 37.7 Å². The van der Waals surface area contributed by atoms with Crippen molar-refractivity contribution in [1.82, 2.24) is 4.90 Å². The minimum Gasteiger partial charge on any atom is -0.300 e. The highest BCUT2D eigenvalue weighted by molar-refractivity contribution is 5.88. The van der Waals surface area contributed by atoms with E-state index in [0.717, 1.165) is 6.42 Å². The second kappa shape index (κ2) is 5.20. The molecule has 2 saturated heterocycles. The fourth-order valence-electron chi connectivity index (χ4n) is 4.91. The minimum atomic E-state index is 0.148. The van der Waals surface area contributed by atoms with Crippen LogP contribution >= 0.6 is 0 Å². The lowest BCUT2D eigenvalue weighted by Gasteiger charge is -2.42. The monoisotopic (exact) mass is 293 g/mol. The molecule has 4 atom stereocenters. The van der Waals surface area contributed by atoms with Crippen LogP contribution in [-0.2, 0) is 4.79 Å². The van der Waals surface area contributed by atoms with Gasteiger partial charge in [-0.3, -0.25) is 9.69 Å². The van der Waals surface area contributed by atoms with Crippen molar-refractivity contribution in [2.24, 2.45) is 5.92 Å². The first-order chi connectivity index (χ1) is 10.7. The van der Waals surface area contributed by atoms with E-state index in [1.165, 1.54) is 29.2 Å². The molecule has 22 heavy (non-hydrogen) atoms. The molecule has 2 aliphatic heterocycles. The van der Waals surface area contributed by atoms with Crippen molar-refractivity contribution < 1.29 is 4.79 Å². The SMILES string of the molecule is CC(=O)[C@@H]1C2CC[C@@H](C[C@@H]1c1cccc3ccccc13)N2C. The van der Waals surface area contributed by atoms with Gasteiger partial charge in [0.2, 0.25) is 0 Å². The van der Waals surface area contributed by atoms with Crippen molar-refractivity contribution in [1.29, 1.82) is 0 Å². The second-order valence-corrected chi connectivity index (χ2v) is 7.01. The second-order valence-electron chi connectivity index (χ2n) is 7.01. The molecule has 0 radical (unpaired) electrons. The predicted molar refractivity (Wildman–Crippen MR) is 90.1 cm³/mol. The number of hydrogen-bond acceptors (Lipinski definition) is 2. The average Bonchev–Trinajstić information content (AvgIpc) is 2.76. The fourth-order valence-corrected chi connectivity index (χ4v) is 4.91. The summed E-state index contributed by atoms with van der Waals surface area (Å²) in [4.78, 5) is 14.9. The summed E-state index contributed by atoms with van der Waals surface area (Å²) in [6.07, 6.45) is 3.53. The van der Waals surface area contributed by atoms with Crippen molar-refractivity contribution in [2.45, 2.75) is 44.2 Å². The van der Waals surface area contributed by atoms with Gasteiger partial charge in [-0.05, 0) is 55.5 Å². The average molecular weight is 293 g/mol. The first-order valence-electron chi connectivity index (χ1n) is 8.37. The van der Waals surface area contributed by atoms with Gasteiger partial charge in [0.25, 0.3) is 0 Å². The van der Waals surface area contributed by atoms with Crippen molar-refractivity contribution in [3.8, 4) is 0 Å². The van der Waals surface area contributed by atoms with Gasteiger partial charge in [-0.2, -0.15) is 0 Å². The van der Waals surface area contributed by atoms with Crippen LogP contribution in [0.2, 0.25) is 0 Å². The molecule has 2 fully saturated rings. The van der Waals surface area contributed by atoms with Crippen LogP contribution in [0.15, 0.2) is 42.5 Å². The number of ketones is 1. The highest BCUT2D eigenvalue weighted by Gasteiger charge is 2.47. The first kappa shape index (κ1) is 14.0. The number of Topliss-reactive ketones (excluding diaryl/α,β-unsaturated/α-hetero) is 1. The normalized spacial score (nSPS) is 31.5. The van der Waals surface area contributed by atoms with Gasteiger partial charge in [-0.25, -0.2) is 0 Å². The van der Waals surface area contributed by atoms with Gasteiger partial charge in [0.1, 0.15) is 5.78 Å². The third-order valence-electron chi connectivity index (χ3n) is 5.96. The zero-order chi connectivity index (χ0) is 15.3. The minimum absolute atomic E-state index is 0.148. The van der Waals surface area contributed by atoms with Crippen LogP contribution in [0.3, 0.4) is 0 Å². The number of fused-ring (bicyclic) bond motifs is 3. The summed E-state index contributed by atoms with van der Waals surface area (Å²) in [5.41, 5.74) is 1.38. The highest BCUT2D eigenvalue weighted by atomic mass is 16.1. The lowest BCUT2D eigenvalue weighted by Crippen LogP contribution is -2.48. The van der Waals surface area contributed by atoms with Crippen LogP contribution in [0.4, 0.5) is 0 Å². The van der Waals surface area contributed by atoms with Gasteiger partial charge in [0, 0.05) is 18.0 Å². The molecular weight excluding hydrogens is 270 g/mol. The predicted octanol–water partition coefficient (Wildman–Crippen LogP) is 4.00. The summed E-state index contributed by atoms with van der Waals surface area (Å²) in [5, 5.41) is 2.61. The van der Waals surface area contributed by atoms with E-state index in [9.17, 15) is 4.79 Å². The van der Waals surface area contributed by atoms with Gasteiger partial charge >= 0.3 is 0 Å². The van der Waals surface area contributed by atoms with E-state index < -0.39 is 0 Å². The Balaban J connectivity index is 1.84. The van der Waals surface area contributed by atoms with E-state index in [2.05, 4.69) is 54.4 Å². The van der Waals surface area contributed by atoms with E-state index >= 15 is 0 Å². The number of hydrogen-bond donors (Lipinski definition) is 0. The maximum absolute atomic E-state index is 12.4. The van der Waals surface area contributed by atoms with Crippen LogP contribution in [-0.4, -0.2) is 29.8 Å². The lowest BCUT2D eigenvalue weighted by atomic mass is 9.73. The fraction of sp³-hybridized carbons (Fsp3) is 0.450. The first-order valence-corrected chi connectivity index (χ1v) is 8.37. The van der Waals surface area contributed by atoms with Gasteiger partial charge in [-0.1, -0.05) is 42.5 Å². The maximum Gasteiger partial charge on any atom is 0.135 e. The van der Waals surface area contributed by atoms with Crippen molar-refractivity contribution in [3.05, 3.63) is 48.0 Å². The number of benzene rings is 2. The summed E-state index contributed by atoms with van der Waals surface area (Å²) in [5.74, 6) is 0.877. The molecule has 0 saturated carbocycles. The van der Waals surface area contributed by atoms with E-state index in [1.54, 1.807) is 6.92 Å². The van der Waals surface area contributed by atoms with E-state index in [1.807, 2.05) is 0 Å². The summed E-state index contributed by atoms with van der Waals surface area (Å²) >= 11 is 0. The van der Waals surface area contributed by atoms with E-state index in [0.29, 0.717) is 23.8 Å². The topological polar surface area (TPSA) is 20.3 Å². The third-order valence-corrected chi connectivity index (χ3v) is 5.96. The molecule has 2 aromatic rings. The van der Waals surface area contributed by atoms with Crippen molar-refractivity contribution >= 4 is 16.6 Å². The van der Waals surface area contributed by atoms with E-state index in [4.69, 9.17) is 0 Å². The van der Waals surface area contributed by atoms with Gasteiger partial charge in [0.15, 0.2) is 0 Å². The third kappa shape index (κ3) is 2.01. The Morgan fingerprint density at radius 2 is 1.86 bits per heavy atom. The Kier molecular flexibility index (Phi) is 3.30. The molecule has 0 amide bonds. The molecule has 2 nitrogen and oxygen atoms in total. The Morgan fingerprint density at radius 1 is 1.09 bits per heavy atom. The van der Waals surface area contributed by atoms with Crippen molar-refractivity contribution in [2.75, 3.05) is 7.05 Å². The Labute approximate surface area is 132 Å². The molecule has 0 aromatic heterocycles. The van der Waals surface area contributed by atoms with Crippen LogP contribution < -0.4 is 0 Å². The summed E-state index contributed by atoms with van der Waals surface area (Å²) in [6.45, 7) is 1.79. The molecule has 0 spiro atoms. The molecule has 0 N–H and O–H groups in total. The molecular formula is C20H23NO. The standard InChI is InChI=1S/C20H23NO/c1-13(22)20-18(12-15-10-11-19(20)21(15)2)17-9-5-7-14-6-3-4-8-16(14)17/h3-9,15,18-20H,10-12H2,1-2H3/t15-,18+,19?,20-/m0/s1. The number of carbonyl (C=O) groups excluding carboxylic acids is 1. The summed E-state index contributed by atoms with van der Waals surface area (Å²) in [6, 6.07) is 16.2. The number of nitrogens with zero attached hydrogens (tertiary/aromatic N) is 1. The lowest BCUT2D eigenvalue weighted by molar-refractivity contribution is -0.124. The Morgan fingerprint density at radius 3 is 2.68 bits per heavy atom. The number of rotatable bonds is 2. The van der Waals surface area contributed by atoms with Crippen molar-refractivity contribution in [3.63, 3.8) is 0 Å². The Bertz CT molecular complexity index is 717. The molecule has 2 bridgehead atoms. The molecule has 2 aliphatic rings. The van der Waals surface area contributed by atoms with Crippen LogP contribution in [0.5, 0.6) is 0 Å². The summed E-state index contributed by atoms with van der Waals surface area (Å²) in [7, 11) is 2.21. The number of piperidine rings is 1. The molecule has 2 heteroatoms. The molecule has 114 valence electrons. The Hall–Kier alpha value is -1.67. The van der Waals surface area contributed by atoms with Crippen LogP contribution in [0, 0.1) is 5.92 Å². The zero-order valence-corrected chi connectivity index (χ0v) is 13.3. The molecule has 0 aliphatic carbocycles. The van der Waals surface area contributed by atoms with Gasteiger partial charge in [-0.15, -0.1) is 0 Å². The van der Waals surface area contributed by atoms with Gasteiger partial charge < -0.3 is 0 Å². The number of carbonyl (C=O) groups is 1. The highest BCUT2D eigenvalue weighted by Crippen LogP contribution is 2.47. The molecule has 4 rings (SSSR count). The van der Waals surface area contributed by atoms with Gasteiger partial charge in [0.05, 0.1) is 0 Å². The molecule has 2 aromatic carbocycles. The molecule has 1 unspecified atom stereocenters. The summed E-state index contributed by atoms with van der Waals surface area (Å²) < 4.78 is 0. The largest absolute Gasteiger partial charge is 0.300 e. The molecule has 2 heterocycles. The van der Waals surface area contributed by atoms with Crippen LogP contribution in [0.25, 0.3) is 10.8 Å². The smallest absolute Gasteiger partial charge is 0.135 e. The maximum atomic E-state index is 12.4. The zero-order valence-electron chi connectivity index (χ0n) is 13.3. The van der Waals surface area contributed by atoms with E-state index in [-0.39, 0.29) is 5.92 Å².